The van der Waals surface area contributed by atoms with Crippen molar-refractivity contribution in [3.63, 3.8) is 0 Å². The number of benzene rings is 2. The van der Waals surface area contributed by atoms with Gasteiger partial charge in [-0.2, -0.15) is 4.99 Å². The lowest BCUT2D eigenvalue weighted by molar-refractivity contribution is 0.100. The van der Waals surface area contributed by atoms with E-state index in [2.05, 4.69) is 10.3 Å². The first kappa shape index (κ1) is 22.3. The Labute approximate surface area is 174 Å². The number of nitrogens with two attached hydrogens (primary N) is 1. The third kappa shape index (κ3) is 7.17. The molecule has 2 aromatic carbocycles. The Kier molecular flexibility index (Phi) is 8.57. The molecule has 0 aromatic heterocycles. The summed E-state index contributed by atoms with van der Waals surface area (Å²) in [6.45, 7) is 1.55. The molecule has 8 heteroatoms. The van der Waals surface area contributed by atoms with Gasteiger partial charge in [0.05, 0.1) is 6.61 Å². The number of aliphatic hydroxyl groups excluding tert-OH is 1. The molecule has 0 aliphatic rings. The van der Waals surface area contributed by atoms with E-state index >= 15 is 0 Å². The van der Waals surface area contributed by atoms with Gasteiger partial charge < -0.3 is 25.6 Å². The van der Waals surface area contributed by atoms with E-state index < -0.39 is 12.0 Å². The third-order valence-corrected chi connectivity index (χ3v) is 4.41. The van der Waals surface area contributed by atoms with Crippen molar-refractivity contribution in [2.45, 2.75) is 17.9 Å². The predicted octanol–water partition coefficient (Wildman–Crippen LogP) is 3.19. The number of hydrogen-bond donors (Lipinski definition) is 3. The molecule has 0 heterocycles. The number of rotatable bonds is 9. The molecule has 7 nitrogen and oxygen atoms in total. The van der Waals surface area contributed by atoms with Gasteiger partial charge in [0.15, 0.2) is 0 Å². The summed E-state index contributed by atoms with van der Waals surface area (Å²) in [5, 5.41) is 12.0. The average molecular weight is 416 g/mol. The van der Waals surface area contributed by atoms with Gasteiger partial charge in [-0.15, -0.1) is 11.8 Å². The Morgan fingerprint density at radius 3 is 2.55 bits per heavy atom. The van der Waals surface area contributed by atoms with Gasteiger partial charge in [-0.25, -0.2) is 0 Å². The van der Waals surface area contributed by atoms with Crippen molar-refractivity contribution in [2.75, 3.05) is 19.9 Å². The fourth-order valence-electron chi connectivity index (χ4n) is 2.26. The van der Waals surface area contributed by atoms with Crippen LogP contribution in [0.25, 0.3) is 0 Å². The van der Waals surface area contributed by atoms with Gasteiger partial charge in [0.1, 0.15) is 29.2 Å². The van der Waals surface area contributed by atoms with E-state index in [1.54, 1.807) is 44.1 Å². The summed E-state index contributed by atoms with van der Waals surface area (Å²) in [5.41, 5.74) is 5.99. The van der Waals surface area contributed by atoms with Crippen LogP contribution in [0.2, 0.25) is 0 Å². The Bertz CT molecular complexity index is 882. The molecule has 0 bridgehead atoms. The summed E-state index contributed by atoms with van der Waals surface area (Å²) in [5.74, 6) is 0.941. The van der Waals surface area contributed by atoms with E-state index in [0.717, 1.165) is 4.90 Å². The molecule has 0 saturated heterocycles. The molecular weight excluding hydrogens is 390 g/mol. The fraction of sp³-hybridized carbons (Fsp3) is 0.238. The zero-order chi connectivity index (χ0) is 21.2. The zero-order valence-corrected chi connectivity index (χ0v) is 17.4. The maximum absolute atomic E-state index is 12.5. The second kappa shape index (κ2) is 11.1. The van der Waals surface area contributed by atoms with Crippen LogP contribution in [0.4, 0.5) is 0 Å². The molecule has 1 unspecified atom stereocenters. The first-order chi connectivity index (χ1) is 13.9. The smallest absolute Gasteiger partial charge is 0.279 e. The Morgan fingerprint density at radius 1 is 1.24 bits per heavy atom. The summed E-state index contributed by atoms with van der Waals surface area (Å²) in [6, 6.07) is 12.3. The van der Waals surface area contributed by atoms with E-state index in [1.165, 1.54) is 12.1 Å². The maximum Gasteiger partial charge on any atom is 0.279 e. The lowest BCUT2D eigenvalue weighted by Crippen LogP contribution is -2.16. The summed E-state index contributed by atoms with van der Waals surface area (Å²) in [6.07, 6.45) is 4.61. The van der Waals surface area contributed by atoms with E-state index in [9.17, 15) is 9.90 Å². The second-order valence-corrected chi connectivity index (χ2v) is 6.93. The van der Waals surface area contributed by atoms with Crippen LogP contribution in [0.15, 0.2) is 64.6 Å². The normalized spacial score (nSPS) is 12.6. The lowest BCUT2D eigenvalue weighted by Gasteiger charge is -2.14. The van der Waals surface area contributed by atoms with E-state index in [1.807, 2.05) is 30.5 Å². The number of amidine groups is 1. The number of aliphatic hydroxyl groups is 1. The standard InChI is InChI=1S/C21H25N3O4S/c1-14(13-25)27-17-10-15(21(26)24-20(22)8-9-23-2)11-18(12-17)28-16-4-6-19(29-3)7-5-16/h4-12,14,23,25H,13H2,1-3H3,(H2,22,24,26)/b9-8-. The van der Waals surface area contributed by atoms with E-state index in [0.29, 0.717) is 17.2 Å². The van der Waals surface area contributed by atoms with Gasteiger partial charge in [0.25, 0.3) is 5.91 Å². The van der Waals surface area contributed by atoms with Crippen LogP contribution in [0.1, 0.15) is 17.3 Å². The first-order valence-electron chi connectivity index (χ1n) is 8.92. The summed E-state index contributed by atoms with van der Waals surface area (Å²) >= 11 is 1.63. The van der Waals surface area contributed by atoms with Crippen molar-refractivity contribution in [3.05, 3.63) is 60.3 Å². The number of carbonyl (C=O) groups excluding carboxylic acids is 1. The molecular formula is C21H25N3O4S. The van der Waals surface area contributed by atoms with Gasteiger partial charge in [0, 0.05) is 23.6 Å². The number of ether oxygens (including phenoxy) is 2. The summed E-state index contributed by atoms with van der Waals surface area (Å²) < 4.78 is 11.5. The van der Waals surface area contributed by atoms with Crippen LogP contribution in [-0.2, 0) is 0 Å². The quantitative estimate of drug-likeness (QED) is 0.328. The molecule has 1 amide bonds. The van der Waals surface area contributed by atoms with Crippen LogP contribution in [0, 0.1) is 0 Å². The molecule has 0 aliphatic carbocycles. The Balaban J connectivity index is 2.34. The number of nitrogens with zero attached hydrogens (tertiary/aromatic N) is 1. The second-order valence-electron chi connectivity index (χ2n) is 6.05. The molecule has 1 atom stereocenters. The molecule has 0 spiro atoms. The molecule has 2 rings (SSSR count). The monoisotopic (exact) mass is 415 g/mol. The maximum atomic E-state index is 12.5. The van der Waals surface area contributed by atoms with Gasteiger partial charge in [-0.05, 0) is 61.9 Å². The number of aliphatic imine (C=N–C) groups is 1. The van der Waals surface area contributed by atoms with Crippen molar-refractivity contribution in [1.82, 2.24) is 5.32 Å². The molecule has 0 aliphatic heterocycles. The van der Waals surface area contributed by atoms with Gasteiger partial charge >= 0.3 is 0 Å². The largest absolute Gasteiger partial charge is 0.488 e. The fourth-order valence-corrected chi connectivity index (χ4v) is 2.67. The van der Waals surface area contributed by atoms with Crippen molar-refractivity contribution in [1.29, 1.82) is 0 Å². The Hall–Kier alpha value is -2.97. The molecule has 29 heavy (non-hydrogen) atoms. The molecule has 4 N–H and O–H groups in total. The van der Waals surface area contributed by atoms with Gasteiger partial charge in [0.2, 0.25) is 0 Å². The third-order valence-electron chi connectivity index (χ3n) is 3.67. The van der Waals surface area contributed by atoms with Crippen LogP contribution in [0.3, 0.4) is 0 Å². The minimum atomic E-state index is -0.534. The highest BCUT2D eigenvalue weighted by Crippen LogP contribution is 2.29. The highest BCUT2D eigenvalue weighted by Gasteiger charge is 2.13. The van der Waals surface area contributed by atoms with Crippen LogP contribution < -0.4 is 20.5 Å². The topological polar surface area (TPSA) is 106 Å². The van der Waals surface area contributed by atoms with Crippen molar-refractivity contribution < 1.29 is 19.4 Å². The molecule has 2 aromatic rings. The molecule has 154 valence electrons. The predicted molar refractivity (Wildman–Crippen MR) is 116 cm³/mol. The number of nitrogens with one attached hydrogen (secondary N) is 1. The molecule has 0 saturated carbocycles. The van der Waals surface area contributed by atoms with E-state index in [4.69, 9.17) is 15.2 Å². The summed E-state index contributed by atoms with van der Waals surface area (Å²) in [4.78, 5) is 17.5. The Morgan fingerprint density at radius 2 is 1.93 bits per heavy atom. The number of thioether (sulfide) groups is 1. The lowest BCUT2D eigenvalue weighted by atomic mass is 10.2. The van der Waals surface area contributed by atoms with Crippen LogP contribution in [-0.4, -0.2) is 42.9 Å². The molecule has 0 fully saturated rings. The molecule has 0 radical (unpaired) electrons. The number of carbonyl (C=O) groups is 1. The highest BCUT2D eigenvalue weighted by atomic mass is 32.2. The van der Waals surface area contributed by atoms with E-state index in [-0.39, 0.29) is 18.0 Å². The van der Waals surface area contributed by atoms with Crippen molar-refractivity contribution in [2.24, 2.45) is 10.7 Å². The van der Waals surface area contributed by atoms with Crippen molar-refractivity contribution in [3.8, 4) is 17.2 Å². The van der Waals surface area contributed by atoms with Crippen LogP contribution >= 0.6 is 11.8 Å². The number of amides is 1. The summed E-state index contributed by atoms with van der Waals surface area (Å²) in [7, 11) is 1.71. The minimum absolute atomic E-state index is 0.0644. The van der Waals surface area contributed by atoms with Crippen LogP contribution in [0.5, 0.6) is 17.2 Å². The first-order valence-corrected chi connectivity index (χ1v) is 10.1. The zero-order valence-electron chi connectivity index (χ0n) is 16.6. The highest BCUT2D eigenvalue weighted by molar-refractivity contribution is 7.98. The van der Waals surface area contributed by atoms with Gasteiger partial charge in [-0.1, -0.05) is 0 Å². The van der Waals surface area contributed by atoms with Crippen molar-refractivity contribution >= 4 is 23.5 Å². The SMILES string of the molecule is CN/C=C\C(N)=NC(=O)c1cc(Oc2ccc(SC)cc2)cc(OC(C)CO)c1. The average Bonchev–Trinajstić information content (AvgIpc) is 2.72. The minimum Gasteiger partial charge on any atom is -0.488 e. The van der Waals surface area contributed by atoms with Gasteiger partial charge in [-0.3, -0.25) is 4.79 Å². The number of hydrogen-bond acceptors (Lipinski definition) is 6.